The van der Waals surface area contributed by atoms with Crippen LogP contribution in [0.1, 0.15) is 24.4 Å². The molecule has 3 rings (SSSR count). The van der Waals surface area contributed by atoms with Crippen molar-refractivity contribution in [2.75, 3.05) is 20.2 Å². The smallest absolute Gasteiger partial charge is 0.325 e. The van der Waals surface area contributed by atoms with E-state index in [1.807, 2.05) is 12.1 Å². The fraction of sp³-hybridized carbons (Fsp3) is 0.467. The van der Waals surface area contributed by atoms with Gasteiger partial charge in [-0.15, -0.1) is 0 Å². The molecule has 0 spiro atoms. The molecule has 0 aliphatic carbocycles. The van der Waals surface area contributed by atoms with Crippen LogP contribution in [0, 0.1) is 0 Å². The van der Waals surface area contributed by atoms with Gasteiger partial charge >= 0.3 is 6.03 Å². The predicted octanol–water partition coefficient (Wildman–Crippen LogP) is 1.04. The highest BCUT2D eigenvalue weighted by Gasteiger charge is 2.42. The van der Waals surface area contributed by atoms with E-state index in [9.17, 15) is 9.59 Å². The van der Waals surface area contributed by atoms with Crippen molar-refractivity contribution in [1.29, 1.82) is 0 Å². The number of benzene rings is 1. The molecule has 2 N–H and O–H groups in total. The van der Waals surface area contributed by atoms with Crippen LogP contribution in [0.3, 0.4) is 0 Å². The lowest BCUT2D eigenvalue weighted by Crippen LogP contribution is -2.46. The van der Waals surface area contributed by atoms with E-state index in [1.165, 1.54) is 4.90 Å². The molecule has 112 valence electrons. The van der Waals surface area contributed by atoms with E-state index in [0.717, 1.165) is 37.2 Å². The van der Waals surface area contributed by atoms with E-state index in [2.05, 4.69) is 10.6 Å². The van der Waals surface area contributed by atoms with Crippen LogP contribution in [-0.4, -0.2) is 43.1 Å². The summed E-state index contributed by atoms with van der Waals surface area (Å²) in [7, 11) is 1.59. The van der Waals surface area contributed by atoms with Crippen LogP contribution < -0.4 is 15.4 Å². The Kier molecular flexibility index (Phi) is 3.79. The summed E-state index contributed by atoms with van der Waals surface area (Å²) in [6.07, 6.45) is 1.63. The lowest BCUT2D eigenvalue weighted by molar-refractivity contribution is -0.129. The third-order valence-corrected chi connectivity index (χ3v) is 4.09. The van der Waals surface area contributed by atoms with Crippen LogP contribution >= 0.6 is 0 Å². The molecule has 0 radical (unpaired) electrons. The average molecular weight is 289 g/mol. The molecule has 6 heteroatoms. The minimum Gasteiger partial charge on any atom is -0.497 e. The Labute approximate surface area is 123 Å². The van der Waals surface area contributed by atoms with Crippen molar-refractivity contribution < 1.29 is 14.3 Å². The van der Waals surface area contributed by atoms with Gasteiger partial charge in [-0.2, -0.15) is 0 Å². The monoisotopic (exact) mass is 289 g/mol. The van der Waals surface area contributed by atoms with Gasteiger partial charge in [-0.3, -0.25) is 9.69 Å². The van der Waals surface area contributed by atoms with Gasteiger partial charge in [0.15, 0.2) is 0 Å². The first-order valence-electron chi connectivity index (χ1n) is 7.19. The third-order valence-electron chi connectivity index (χ3n) is 4.09. The molecule has 21 heavy (non-hydrogen) atoms. The van der Waals surface area contributed by atoms with Crippen molar-refractivity contribution in [3.8, 4) is 5.75 Å². The molecule has 3 amide bonds. The molecular formula is C15H19N3O3. The Morgan fingerprint density at radius 1 is 1.14 bits per heavy atom. The number of hydrogen-bond acceptors (Lipinski definition) is 4. The minimum atomic E-state index is -0.585. The van der Waals surface area contributed by atoms with E-state index in [1.54, 1.807) is 19.2 Å². The first-order chi connectivity index (χ1) is 10.2. The van der Waals surface area contributed by atoms with Crippen molar-refractivity contribution in [1.82, 2.24) is 15.5 Å². The third kappa shape index (κ3) is 2.58. The molecule has 2 aliphatic rings. The zero-order valence-corrected chi connectivity index (χ0v) is 12.0. The summed E-state index contributed by atoms with van der Waals surface area (Å²) in [4.78, 5) is 26.1. The topological polar surface area (TPSA) is 70.7 Å². The predicted molar refractivity (Wildman–Crippen MR) is 77.0 cm³/mol. The Morgan fingerprint density at radius 2 is 1.81 bits per heavy atom. The Balaban J connectivity index is 1.78. The maximum absolute atomic E-state index is 12.6. The standard InChI is InChI=1S/C15H19N3O3/c1-21-12-4-2-10(3-5-12)13-14(19)18(15(20)17-13)11-6-8-16-9-7-11/h2-5,11,13,16H,6-9H2,1H3,(H,17,20). The number of ether oxygens (including phenoxy) is 1. The lowest BCUT2D eigenvalue weighted by atomic mass is 10.0. The molecule has 2 fully saturated rings. The fourth-order valence-electron chi connectivity index (χ4n) is 2.93. The van der Waals surface area contributed by atoms with E-state index < -0.39 is 6.04 Å². The number of carbonyl (C=O) groups is 2. The Bertz CT molecular complexity index is 538. The van der Waals surface area contributed by atoms with Gasteiger partial charge in [-0.1, -0.05) is 12.1 Å². The van der Waals surface area contributed by atoms with Crippen LogP contribution in [0.15, 0.2) is 24.3 Å². The normalized spacial score (nSPS) is 23.3. The summed E-state index contributed by atoms with van der Waals surface area (Å²) >= 11 is 0. The molecule has 1 aromatic carbocycles. The van der Waals surface area contributed by atoms with Gasteiger partial charge in [0, 0.05) is 6.04 Å². The summed E-state index contributed by atoms with van der Waals surface area (Å²) in [6.45, 7) is 1.68. The number of urea groups is 1. The number of hydrogen-bond donors (Lipinski definition) is 2. The van der Waals surface area contributed by atoms with Crippen LogP contribution in [0.2, 0.25) is 0 Å². The zero-order valence-electron chi connectivity index (χ0n) is 12.0. The van der Waals surface area contributed by atoms with Crippen molar-refractivity contribution in [2.24, 2.45) is 0 Å². The largest absolute Gasteiger partial charge is 0.497 e. The number of rotatable bonds is 3. The minimum absolute atomic E-state index is 0.00185. The number of nitrogens with zero attached hydrogens (tertiary/aromatic N) is 1. The van der Waals surface area contributed by atoms with Gasteiger partial charge in [0.05, 0.1) is 7.11 Å². The first kappa shape index (κ1) is 13.9. The van der Waals surface area contributed by atoms with Crippen molar-refractivity contribution in [2.45, 2.75) is 24.9 Å². The lowest BCUT2D eigenvalue weighted by Gasteiger charge is -2.29. The first-order valence-corrected chi connectivity index (χ1v) is 7.19. The van der Waals surface area contributed by atoms with Crippen LogP contribution in [0.25, 0.3) is 0 Å². The quantitative estimate of drug-likeness (QED) is 0.816. The molecule has 0 saturated carbocycles. The molecule has 6 nitrogen and oxygen atoms in total. The molecule has 2 aliphatic heterocycles. The van der Waals surface area contributed by atoms with Crippen LogP contribution in [0.5, 0.6) is 5.75 Å². The van der Waals surface area contributed by atoms with Gasteiger partial charge in [-0.05, 0) is 43.6 Å². The molecule has 1 unspecified atom stereocenters. The molecule has 2 saturated heterocycles. The summed E-state index contributed by atoms with van der Waals surface area (Å²) in [6, 6.07) is 6.35. The summed E-state index contributed by atoms with van der Waals surface area (Å²) in [5.74, 6) is 0.572. The van der Waals surface area contributed by atoms with Gasteiger partial charge < -0.3 is 15.4 Å². The number of piperidine rings is 1. The highest BCUT2D eigenvalue weighted by molar-refractivity contribution is 6.05. The van der Waals surface area contributed by atoms with E-state index >= 15 is 0 Å². The number of amides is 3. The van der Waals surface area contributed by atoms with Crippen molar-refractivity contribution in [3.63, 3.8) is 0 Å². The maximum atomic E-state index is 12.6. The van der Waals surface area contributed by atoms with E-state index in [-0.39, 0.29) is 18.0 Å². The zero-order chi connectivity index (χ0) is 14.8. The Hall–Kier alpha value is -2.08. The molecule has 1 aromatic rings. The van der Waals surface area contributed by atoms with Gasteiger partial charge in [0.25, 0.3) is 5.91 Å². The average Bonchev–Trinajstić information content (AvgIpc) is 2.83. The van der Waals surface area contributed by atoms with Gasteiger partial charge in [0.1, 0.15) is 11.8 Å². The van der Waals surface area contributed by atoms with Crippen LogP contribution in [0.4, 0.5) is 4.79 Å². The maximum Gasteiger partial charge on any atom is 0.325 e. The van der Waals surface area contributed by atoms with Gasteiger partial charge in [-0.25, -0.2) is 4.79 Å². The van der Waals surface area contributed by atoms with Crippen molar-refractivity contribution >= 4 is 11.9 Å². The van der Waals surface area contributed by atoms with Gasteiger partial charge in [0.2, 0.25) is 0 Å². The second-order valence-electron chi connectivity index (χ2n) is 5.35. The summed E-state index contributed by atoms with van der Waals surface area (Å²) < 4.78 is 5.11. The van der Waals surface area contributed by atoms with E-state index in [4.69, 9.17) is 4.74 Å². The number of nitrogens with one attached hydrogen (secondary N) is 2. The molecule has 0 aromatic heterocycles. The molecule has 1 atom stereocenters. The SMILES string of the molecule is COc1ccc(C2NC(=O)N(C3CCNCC3)C2=O)cc1. The summed E-state index contributed by atoms with van der Waals surface area (Å²) in [5, 5.41) is 6.02. The number of carbonyl (C=O) groups excluding carboxylic acids is 2. The number of methoxy groups -OCH3 is 1. The highest BCUT2D eigenvalue weighted by atomic mass is 16.5. The molecule has 0 bridgehead atoms. The van der Waals surface area contributed by atoms with Crippen LogP contribution in [-0.2, 0) is 4.79 Å². The Morgan fingerprint density at radius 3 is 2.43 bits per heavy atom. The van der Waals surface area contributed by atoms with Crippen molar-refractivity contribution in [3.05, 3.63) is 29.8 Å². The second kappa shape index (κ2) is 5.73. The fourth-order valence-corrected chi connectivity index (χ4v) is 2.93. The highest BCUT2D eigenvalue weighted by Crippen LogP contribution is 2.27. The number of imide groups is 1. The van der Waals surface area contributed by atoms with E-state index in [0.29, 0.717) is 0 Å². The summed E-state index contributed by atoms with van der Waals surface area (Å²) in [5.41, 5.74) is 0.783. The molecule has 2 heterocycles. The molecular weight excluding hydrogens is 270 g/mol. The second-order valence-corrected chi connectivity index (χ2v) is 5.35.